The summed E-state index contributed by atoms with van der Waals surface area (Å²) in [6.07, 6.45) is -1.95. The van der Waals surface area contributed by atoms with Crippen LogP contribution in [0.25, 0.3) is 11.3 Å². The lowest BCUT2D eigenvalue weighted by Crippen LogP contribution is -2.48. The number of aromatic nitrogens is 3. The van der Waals surface area contributed by atoms with Crippen LogP contribution < -0.4 is 15.8 Å². The highest BCUT2D eigenvalue weighted by Gasteiger charge is 2.47. The number of halogens is 4. The first-order valence-electron chi connectivity index (χ1n) is 11.8. The molecule has 0 unspecified atom stereocenters. The molecule has 8 nitrogen and oxygen atoms in total. The van der Waals surface area contributed by atoms with Crippen molar-refractivity contribution in [1.82, 2.24) is 25.0 Å². The normalized spacial score (nSPS) is 19.4. The molecule has 1 spiro atoms. The highest BCUT2D eigenvalue weighted by Crippen LogP contribution is 2.44. The minimum Gasteiger partial charge on any atom is -0.402 e. The highest BCUT2D eigenvalue weighted by molar-refractivity contribution is 6.31. The maximum Gasteiger partial charge on any atom is 0.573 e. The number of nitrogens with one attached hydrogen (secondary N) is 1. The van der Waals surface area contributed by atoms with Crippen molar-refractivity contribution in [2.24, 2.45) is 0 Å². The second kappa shape index (κ2) is 8.83. The average molecular weight is 535 g/mol. The number of hydrogen-bond donors (Lipinski definition) is 2. The minimum atomic E-state index is -4.89. The minimum absolute atomic E-state index is 0.184. The van der Waals surface area contributed by atoms with Crippen molar-refractivity contribution in [2.45, 2.75) is 50.6 Å². The second-order valence-corrected chi connectivity index (χ2v) is 10.4. The molecule has 4 heterocycles. The number of anilines is 1. The molecule has 3 N–H and O–H groups in total. The summed E-state index contributed by atoms with van der Waals surface area (Å²) in [5.74, 6) is -0.931. The number of benzene rings is 1. The highest BCUT2D eigenvalue weighted by atomic mass is 35.5. The number of nitrogens with two attached hydrogens (primary N) is 1. The summed E-state index contributed by atoms with van der Waals surface area (Å²) in [4.78, 5) is 18.9. The molecular weight excluding hydrogens is 509 g/mol. The van der Waals surface area contributed by atoms with Crippen LogP contribution in [0.1, 0.15) is 37.9 Å². The van der Waals surface area contributed by atoms with E-state index in [1.165, 1.54) is 12.3 Å². The third-order valence-corrected chi connectivity index (χ3v) is 7.47. The summed E-state index contributed by atoms with van der Waals surface area (Å²) < 4.78 is 44.1. The smallest absolute Gasteiger partial charge is 0.402 e. The van der Waals surface area contributed by atoms with Gasteiger partial charge in [0.25, 0.3) is 0 Å². The molecule has 37 heavy (non-hydrogen) atoms. The molecule has 0 radical (unpaired) electrons. The van der Waals surface area contributed by atoms with Crippen molar-refractivity contribution >= 4 is 23.4 Å². The Balaban J connectivity index is 1.34. The van der Waals surface area contributed by atoms with Gasteiger partial charge in [0.1, 0.15) is 0 Å². The number of fused-ring (bicyclic) bond motifs is 2. The number of pyridine rings is 1. The topological polar surface area (TPSA) is 98.3 Å². The predicted molar refractivity (Wildman–Crippen MR) is 132 cm³/mol. The summed E-state index contributed by atoms with van der Waals surface area (Å²) in [6.45, 7) is 5.53. The zero-order valence-corrected chi connectivity index (χ0v) is 21.0. The molecular formula is C25H26ClF3N6O2. The molecule has 2 aliphatic heterocycles. The van der Waals surface area contributed by atoms with E-state index in [1.54, 1.807) is 11.0 Å². The number of urea groups is 1. The molecule has 1 atom stereocenters. The number of nitrogen functional groups attached to an aromatic ring is 1. The van der Waals surface area contributed by atoms with E-state index >= 15 is 0 Å². The van der Waals surface area contributed by atoms with Gasteiger partial charge in [-0.1, -0.05) is 29.8 Å². The van der Waals surface area contributed by atoms with Crippen molar-refractivity contribution in [3.8, 4) is 17.0 Å². The molecule has 0 aliphatic carbocycles. The lowest BCUT2D eigenvalue weighted by Gasteiger charge is -2.31. The van der Waals surface area contributed by atoms with Crippen molar-refractivity contribution in [3.63, 3.8) is 0 Å². The molecule has 2 amide bonds. The number of alkyl halides is 3. The number of aryl methyl sites for hydroxylation is 1. The summed E-state index contributed by atoms with van der Waals surface area (Å²) in [5.41, 5.74) is 7.20. The van der Waals surface area contributed by atoms with Gasteiger partial charge in [-0.2, -0.15) is 5.10 Å². The maximum absolute atomic E-state index is 13.2. The predicted octanol–water partition coefficient (Wildman–Crippen LogP) is 5.07. The second-order valence-electron chi connectivity index (χ2n) is 10.0. The number of likely N-dealkylation sites (tertiary alicyclic amines) is 1. The fourth-order valence-corrected chi connectivity index (χ4v) is 5.62. The molecule has 2 aromatic heterocycles. The van der Waals surface area contributed by atoms with Crippen LogP contribution in [0, 0.1) is 0 Å². The molecule has 0 saturated carbocycles. The van der Waals surface area contributed by atoms with Gasteiger partial charge in [0.05, 0.1) is 11.2 Å². The van der Waals surface area contributed by atoms with Gasteiger partial charge in [-0.15, -0.1) is 13.2 Å². The van der Waals surface area contributed by atoms with Gasteiger partial charge in [0.2, 0.25) is 0 Å². The van der Waals surface area contributed by atoms with Crippen LogP contribution in [0.2, 0.25) is 5.02 Å². The number of hydrogen-bond acceptors (Lipinski definition) is 5. The Morgan fingerprint density at radius 2 is 1.92 bits per heavy atom. The lowest BCUT2D eigenvalue weighted by molar-refractivity contribution is -0.274. The average Bonchev–Trinajstić information content (AvgIpc) is 3.51. The Bertz CT molecular complexity index is 1360. The van der Waals surface area contributed by atoms with Crippen molar-refractivity contribution < 1.29 is 22.7 Å². The monoisotopic (exact) mass is 534 g/mol. The molecule has 3 aromatic rings. The van der Waals surface area contributed by atoms with Crippen LogP contribution in [0.15, 0.2) is 42.6 Å². The van der Waals surface area contributed by atoms with Crippen LogP contribution in [0.5, 0.6) is 5.75 Å². The first-order chi connectivity index (χ1) is 17.4. The van der Waals surface area contributed by atoms with Crippen LogP contribution in [0.3, 0.4) is 0 Å². The van der Waals surface area contributed by atoms with E-state index in [2.05, 4.69) is 20.1 Å². The third kappa shape index (κ3) is 4.79. The molecule has 196 valence electrons. The number of amides is 2. The molecule has 1 aromatic carbocycles. The summed E-state index contributed by atoms with van der Waals surface area (Å²) in [7, 11) is 0. The largest absolute Gasteiger partial charge is 0.573 e. The van der Waals surface area contributed by atoms with Crippen LogP contribution >= 0.6 is 11.6 Å². The Kier molecular flexibility index (Phi) is 6.01. The SMILES string of the molecule is CC(C)(NC(=O)N1CC[C@@]2(CCn3nc(-c4cnc(N)c(OC(F)(F)F)c4)cc32)C1)c1ccccc1Cl. The van der Waals surface area contributed by atoms with Gasteiger partial charge >= 0.3 is 12.4 Å². The quantitative estimate of drug-likeness (QED) is 0.487. The van der Waals surface area contributed by atoms with Gasteiger partial charge < -0.3 is 20.7 Å². The standard InChI is InChI=1S/C25H26ClF3N6O2/c1-23(2,16-5-3-4-6-17(16)26)32-22(36)34-9-7-24(14-34)8-10-35-20(24)12-18(33-35)15-11-19(21(30)31-13-15)37-25(27,28)29/h3-6,11-13H,7-10,14H2,1-2H3,(H2,30,31)(H,32,36)/t24-/m1/s1. The zero-order chi connectivity index (χ0) is 26.6. The zero-order valence-electron chi connectivity index (χ0n) is 20.3. The Morgan fingerprint density at radius 1 is 1.19 bits per heavy atom. The van der Waals surface area contributed by atoms with Crippen molar-refractivity contribution in [2.75, 3.05) is 18.8 Å². The fourth-order valence-electron chi connectivity index (χ4n) is 5.25. The third-order valence-electron chi connectivity index (χ3n) is 7.14. The van der Waals surface area contributed by atoms with Crippen LogP contribution in [0.4, 0.5) is 23.8 Å². The molecule has 0 bridgehead atoms. The van der Waals surface area contributed by atoms with Crippen LogP contribution in [-0.4, -0.2) is 45.1 Å². The summed E-state index contributed by atoms with van der Waals surface area (Å²) in [6, 6.07) is 10.3. The van der Waals surface area contributed by atoms with E-state index in [1.807, 2.05) is 42.8 Å². The molecule has 2 aliphatic rings. The van der Waals surface area contributed by atoms with E-state index in [0.717, 1.165) is 24.1 Å². The van der Waals surface area contributed by atoms with Crippen LogP contribution in [-0.2, 0) is 17.5 Å². The molecule has 1 fully saturated rings. The Morgan fingerprint density at radius 3 is 2.65 bits per heavy atom. The number of carbonyl (C=O) groups excluding carboxylic acids is 1. The lowest BCUT2D eigenvalue weighted by atomic mass is 9.82. The number of nitrogens with zero attached hydrogens (tertiary/aromatic N) is 4. The summed E-state index contributed by atoms with van der Waals surface area (Å²) >= 11 is 6.36. The van der Waals surface area contributed by atoms with E-state index in [0.29, 0.717) is 35.9 Å². The van der Waals surface area contributed by atoms with Crippen molar-refractivity contribution in [3.05, 3.63) is 58.9 Å². The van der Waals surface area contributed by atoms with Crippen molar-refractivity contribution in [1.29, 1.82) is 0 Å². The molecule has 5 rings (SSSR count). The molecule has 1 saturated heterocycles. The maximum atomic E-state index is 13.2. The first kappa shape index (κ1) is 25.2. The Hall–Kier alpha value is -3.47. The van der Waals surface area contributed by atoms with Gasteiger partial charge in [0, 0.05) is 47.5 Å². The van der Waals surface area contributed by atoms with E-state index in [-0.39, 0.29) is 17.3 Å². The summed E-state index contributed by atoms with van der Waals surface area (Å²) in [5, 5.41) is 8.27. The molecule has 12 heteroatoms. The van der Waals surface area contributed by atoms with E-state index in [9.17, 15) is 18.0 Å². The van der Waals surface area contributed by atoms with E-state index < -0.39 is 17.7 Å². The van der Waals surface area contributed by atoms with Gasteiger partial charge in [-0.3, -0.25) is 4.68 Å². The van der Waals surface area contributed by atoms with Gasteiger partial charge in [0.15, 0.2) is 11.6 Å². The Labute approximate surface area is 216 Å². The number of ether oxygens (including phenoxy) is 1. The van der Waals surface area contributed by atoms with E-state index in [4.69, 9.17) is 17.3 Å². The van der Waals surface area contributed by atoms with Gasteiger partial charge in [-0.25, -0.2) is 9.78 Å². The number of carbonyl (C=O) groups is 1. The van der Waals surface area contributed by atoms with Gasteiger partial charge in [-0.05, 0) is 50.5 Å². The number of rotatable bonds is 4. The first-order valence-corrected chi connectivity index (χ1v) is 12.2. The fraction of sp³-hybridized carbons (Fsp3) is 0.400.